The zero-order chi connectivity index (χ0) is 38.7. The van der Waals surface area contributed by atoms with Crippen molar-refractivity contribution in [2.75, 3.05) is 6.07 Å². The summed E-state index contributed by atoms with van der Waals surface area (Å²) in [6.07, 6.45) is 0. The predicted octanol–water partition coefficient (Wildman–Crippen LogP) is 8.00. The Bertz CT molecular complexity index is 1850. The normalized spacial score (nSPS) is 10.9. The molecule has 0 unspecified atom stereocenters. The van der Waals surface area contributed by atoms with Crippen LogP contribution < -0.4 is 9.47 Å². The summed E-state index contributed by atoms with van der Waals surface area (Å²) in [5, 5.41) is 35.8. The fraction of sp³-hybridized carbons (Fsp3) is 0.333. The van der Waals surface area contributed by atoms with Gasteiger partial charge in [0.25, 0.3) is 11.8 Å². The van der Waals surface area contributed by atoms with Gasteiger partial charge in [-0.3, -0.25) is 9.59 Å². The van der Waals surface area contributed by atoms with Crippen LogP contribution in [0.2, 0.25) is 20.1 Å². The summed E-state index contributed by atoms with van der Waals surface area (Å²) in [7, 11) is 0. The molecular formula is C30H31Cl5N6O10. The molecule has 0 radical (unpaired) electrons. The lowest BCUT2D eigenvalue weighted by Crippen LogP contribution is -2.25. The average Bonchev–Trinajstić information content (AvgIpc) is 3.66. The van der Waals surface area contributed by atoms with E-state index in [1.165, 1.54) is 36.4 Å². The van der Waals surface area contributed by atoms with E-state index in [-0.39, 0.29) is 46.0 Å². The number of carbonyl (C=O) groups is 4. The van der Waals surface area contributed by atoms with E-state index in [1.807, 2.05) is 0 Å². The van der Waals surface area contributed by atoms with E-state index in [2.05, 4.69) is 30.5 Å². The van der Waals surface area contributed by atoms with Gasteiger partial charge in [-0.2, -0.15) is 4.68 Å². The lowest BCUT2D eigenvalue weighted by atomic mass is 9.97. The summed E-state index contributed by atoms with van der Waals surface area (Å²) in [5.74, 6) is -3.19. The molecule has 2 aromatic heterocycles. The SMILES string of the molecule is CC(C)(C)C(=O)OCCl.CC(C)(C)C(=O)OCn1nnc(Oc2ccc(Cl)c(Cl)c2)c1C(=O)O.O=C(O)c1[nH]nnc1Oc1ccc(Cl)c(Cl)c1. The van der Waals surface area contributed by atoms with Gasteiger partial charge in [-0.25, -0.2) is 14.7 Å². The Balaban J connectivity index is 0.000000298. The van der Waals surface area contributed by atoms with Gasteiger partial charge in [-0.15, -0.1) is 0 Å². The largest absolute Gasteiger partial charge is 0.476 e. The number of aromatic carboxylic acids is 2. The fourth-order valence-corrected chi connectivity index (χ4v) is 3.67. The molecular weight excluding hydrogens is 782 g/mol. The standard InChI is InChI=1S/C15H15Cl2N3O5.C9H5Cl2N3O3.C6H11ClO2/c1-15(2,3)14(23)24-7-20-11(13(21)22)12(18-19-20)25-8-4-5-9(16)10(17)6-8;10-5-2-1-4(3-6(5)11)17-8-7(9(15)16)12-14-13-8;1-6(2,3)5(8)9-4-7/h4-6H,7H2,1-3H3,(H,21,22);1-3H,(H,15,16)(H,12,13,14);4H2,1-3H3. The zero-order valence-electron chi connectivity index (χ0n) is 27.7. The maximum Gasteiger partial charge on any atom is 0.360 e. The highest BCUT2D eigenvalue weighted by Crippen LogP contribution is 2.31. The number of nitrogens with one attached hydrogen (secondary N) is 1. The van der Waals surface area contributed by atoms with Crippen molar-refractivity contribution in [3.05, 3.63) is 67.9 Å². The molecule has 0 aliphatic rings. The molecule has 16 nitrogen and oxygen atoms in total. The molecule has 4 aromatic rings. The van der Waals surface area contributed by atoms with Crippen molar-refractivity contribution >= 4 is 81.9 Å². The minimum absolute atomic E-state index is 0.0594. The molecule has 0 saturated heterocycles. The number of carboxylic acids is 2. The number of rotatable bonds is 9. The molecule has 0 aliphatic carbocycles. The number of halogens is 5. The molecule has 3 N–H and O–H groups in total. The van der Waals surface area contributed by atoms with E-state index in [0.29, 0.717) is 20.8 Å². The number of hydrogen-bond donors (Lipinski definition) is 3. The van der Waals surface area contributed by atoms with Gasteiger partial charge in [-0.1, -0.05) is 78.6 Å². The van der Waals surface area contributed by atoms with Crippen LogP contribution in [0.25, 0.3) is 0 Å². The Labute approximate surface area is 315 Å². The first kappa shape index (κ1) is 42.8. The monoisotopic (exact) mass is 810 g/mol. The first-order valence-electron chi connectivity index (χ1n) is 14.1. The lowest BCUT2D eigenvalue weighted by Gasteiger charge is -2.16. The molecule has 0 fully saturated rings. The van der Waals surface area contributed by atoms with Crippen LogP contribution in [0, 0.1) is 10.8 Å². The molecule has 0 atom stereocenters. The van der Waals surface area contributed by atoms with E-state index in [9.17, 15) is 24.3 Å². The van der Waals surface area contributed by atoms with E-state index in [0.717, 1.165) is 4.68 Å². The summed E-state index contributed by atoms with van der Waals surface area (Å²) in [4.78, 5) is 44.8. The van der Waals surface area contributed by atoms with Gasteiger partial charge in [0.15, 0.2) is 12.8 Å². The molecule has 2 aromatic carbocycles. The number of ether oxygens (including phenoxy) is 4. The van der Waals surface area contributed by atoms with E-state index in [1.54, 1.807) is 41.5 Å². The highest BCUT2D eigenvalue weighted by atomic mass is 35.5. The number of H-pyrrole nitrogens is 1. The van der Waals surface area contributed by atoms with Crippen molar-refractivity contribution < 1.29 is 48.3 Å². The minimum Gasteiger partial charge on any atom is -0.476 e. The van der Waals surface area contributed by atoms with Gasteiger partial charge in [0, 0.05) is 12.1 Å². The van der Waals surface area contributed by atoms with Crippen LogP contribution in [0.15, 0.2) is 36.4 Å². The van der Waals surface area contributed by atoms with Crippen LogP contribution in [0.4, 0.5) is 0 Å². The number of benzene rings is 2. The molecule has 0 aliphatic heterocycles. The third-order valence-electron chi connectivity index (χ3n) is 5.58. The molecule has 0 bridgehead atoms. The first-order valence-corrected chi connectivity index (χ1v) is 16.2. The van der Waals surface area contributed by atoms with Crippen LogP contribution in [0.5, 0.6) is 23.3 Å². The smallest absolute Gasteiger partial charge is 0.360 e. The number of carbonyl (C=O) groups excluding carboxylic acids is 2. The highest BCUT2D eigenvalue weighted by Gasteiger charge is 2.27. The summed E-state index contributed by atoms with van der Waals surface area (Å²) in [6, 6.07) is 8.86. The third kappa shape index (κ3) is 13.4. The van der Waals surface area contributed by atoms with Crippen molar-refractivity contribution in [1.29, 1.82) is 0 Å². The zero-order valence-corrected chi connectivity index (χ0v) is 31.4. The van der Waals surface area contributed by atoms with Crippen LogP contribution in [-0.2, 0) is 25.8 Å². The third-order valence-corrected chi connectivity index (χ3v) is 7.16. The minimum atomic E-state index is -1.34. The van der Waals surface area contributed by atoms with E-state index >= 15 is 0 Å². The number of nitrogens with zero attached hydrogens (tertiary/aromatic N) is 5. The van der Waals surface area contributed by atoms with Crippen LogP contribution in [0.3, 0.4) is 0 Å². The van der Waals surface area contributed by atoms with Crippen LogP contribution >= 0.6 is 58.0 Å². The molecule has 4 rings (SSSR count). The Morgan fingerprint density at radius 1 is 0.725 bits per heavy atom. The maximum atomic E-state index is 11.8. The second-order valence-corrected chi connectivity index (χ2v) is 13.6. The topological polar surface area (TPSA) is 218 Å². The second-order valence-electron chi connectivity index (χ2n) is 11.8. The van der Waals surface area contributed by atoms with E-state index < -0.39 is 35.5 Å². The molecule has 51 heavy (non-hydrogen) atoms. The summed E-state index contributed by atoms with van der Waals surface area (Å²) >= 11 is 28.4. The van der Waals surface area contributed by atoms with Gasteiger partial charge >= 0.3 is 23.9 Å². The Morgan fingerprint density at radius 3 is 1.63 bits per heavy atom. The van der Waals surface area contributed by atoms with E-state index in [4.69, 9.17) is 77.3 Å². The van der Waals surface area contributed by atoms with Gasteiger partial charge in [-0.05, 0) is 65.8 Å². The second kappa shape index (κ2) is 18.8. The Hall–Kier alpha value is -4.35. The number of carboxylic acid groups (broad SMARTS) is 2. The van der Waals surface area contributed by atoms with Crippen molar-refractivity contribution in [1.82, 2.24) is 30.4 Å². The fourth-order valence-electron chi connectivity index (χ4n) is 2.99. The van der Waals surface area contributed by atoms with Gasteiger partial charge in [0.2, 0.25) is 11.4 Å². The number of esters is 2. The number of alkyl halides is 1. The number of aromatic nitrogens is 6. The summed E-state index contributed by atoms with van der Waals surface area (Å²) < 4.78 is 21.1. The van der Waals surface area contributed by atoms with Gasteiger partial charge in [0.1, 0.15) is 11.5 Å². The van der Waals surface area contributed by atoms with Crippen LogP contribution in [0.1, 0.15) is 62.5 Å². The Morgan fingerprint density at radius 2 is 1.22 bits per heavy atom. The van der Waals surface area contributed by atoms with Crippen molar-refractivity contribution in [2.24, 2.45) is 10.8 Å². The molecule has 0 amide bonds. The van der Waals surface area contributed by atoms with Crippen LogP contribution in [-0.4, -0.2) is 70.6 Å². The van der Waals surface area contributed by atoms with Crippen molar-refractivity contribution in [3.8, 4) is 23.3 Å². The quantitative estimate of drug-likeness (QED) is 0.108. The molecule has 0 spiro atoms. The summed E-state index contributed by atoms with van der Waals surface area (Å²) in [6.45, 7) is 9.95. The van der Waals surface area contributed by atoms with Crippen molar-refractivity contribution in [2.45, 2.75) is 48.3 Å². The predicted molar refractivity (Wildman–Crippen MR) is 185 cm³/mol. The molecule has 276 valence electrons. The average molecular weight is 813 g/mol. The number of aromatic amines is 1. The Kier molecular flexibility index (Phi) is 15.7. The maximum absolute atomic E-state index is 11.8. The summed E-state index contributed by atoms with van der Waals surface area (Å²) in [5.41, 5.74) is -1.78. The molecule has 0 saturated carbocycles. The lowest BCUT2D eigenvalue weighted by molar-refractivity contribution is -0.157. The molecule has 2 heterocycles. The first-order chi connectivity index (χ1) is 23.6. The number of hydrogen-bond acceptors (Lipinski definition) is 12. The highest BCUT2D eigenvalue weighted by molar-refractivity contribution is 6.42. The van der Waals surface area contributed by atoms with Gasteiger partial charge in [0.05, 0.1) is 30.9 Å². The van der Waals surface area contributed by atoms with Gasteiger partial charge < -0.3 is 29.2 Å². The molecule has 21 heteroatoms. The van der Waals surface area contributed by atoms with Crippen molar-refractivity contribution in [3.63, 3.8) is 0 Å².